The van der Waals surface area contributed by atoms with Gasteiger partial charge in [-0.25, -0.2) is 9.97 Å². The molecule has 0 radical (unpaired) electrons. The van der Waals surface area contributed by atoms with Crippen LogP contribution in [0.25, 0.3) is 11.0 Å². The summed E-state index contributed by atoms with van der Waals surface area (Å²) in [5.41, 5.74) is 2.36. The van der Waals surface area contributed by atoms with E-state index in [4.69, 9.17) is 9.47 Å². The first-order valence-electron chi connectivity index (χ1n) is 10.1. The maximum absolute atomic E-state index is 12.0. The fraction of sp³-hybridized carbons (Fsp3) is 0.292. The molecule has 3 aromatic rings. The first-order chi connectivity index (χ1) is 14.5. The zero-order valence-corrected chi connectivity index (χ0v) is 17.8. The van der Waals surface area contributed by atoms with E-state index in [0.717, 1.165) is 16.7 Å². The van der Waals surface area contributed by atoms with Gasteiger partial charge < -0.3 is 14.4 Å². The number of para-hydroxylation sites is 2. The van der Waals surface area contributed by atoms with Gasteiger partial charge >= 0.3 is 0 Å². The number of benzene rings is 2. The van der Waals surface area contributed by atoms with Crippen LogP contribution in [-0.4, -0.2) is 40.0 Å². The molecule has 6 heteroatoms. The van der Waals surface area contributed by atoms with Crippen molar-refractivity contribution in [3.05, 3.63) is 66.4 Å². The van der Waals surface area contributed by atoms with Crippen LogP contribution in [0.2, 0.25) is 0 Å². The number of rotatable bonds is 8. The summed E-state index contributed by atoms with van der Waals surface area (Å²) < 4.78 is 11.8. The third kappa shape index (κ3) is 5.35. The Morgan fingerprint density at radius 1 is 1.00 bits per heavy atom. The Morgan fingerprint density at radius 3 is 2.23 bits per heavy atom. The number of carbonyl (C=O) groups excluding carboxylic acids is 1. The number of aromatic nitrogens is 2. The van der Waals surface area contributed by atoms with Crippen molar-refractivity contribution in [2.75, 3.05) is 13.1 Å². The van der Waals surface area contributed by atoms with Crippen molar-refractivity contribution in [2.45, 2.75) is 33.8 Å². The van der Waals surface area contributed by atoms with E-state index >= 15 is 0 Å². The fourth-order valence-corrected chi connectivity index (χ4v) is 2.98. The molecule has 0 N–H and O–H groups in total. The Morgan fingerprint density at radius 2 is 1.60 bits per heavy atom. The molecule has 30 heavy (non-hydrogen) atoms. The predicted octanol–water partition coefficient (Wildman–Crippen LogP) is 4.92. The van der Waals surface area contributed by atoms with Gasteiger partial charge in [-0.05, 0) is 70.2 Å². The average molecular weight is 405 g/mol. The Balaban J connectivity index is 1.62. The van der Waals surface area contributed by atoms with Gasteiger partial charge in [0.15, 0.2) is 0 Å². The second kappa shape index (κ2) is 9.87. The molecule has 0 fully saturated rings. The van der Waals surface area contributed by atoms with Crippen LogP contribution in [0.4, 0.5) is 0 Å². The van der Waals surface area contributed by atoms with Gasteiger partial charge in [0.2, 0.25) is 11.8 Å². The number of carbonyl (C=O) groups is 1. The molecule has 1 heterocycles. The minimum atomic E-state index is -0.232. The van der Waals surface area contributed by atoms with Crippen LogP contribution in [0, 0.1) is 6.92 Å². The van der Waals surface area contributed by atoms with E-state index in [1.165, 1.54) is 0 Å². The van der Waals surface area contributed by atoms with Gasteiger partial charge in [0.05, 0.1) is 11.0 Å². The standard InChI is InChI=1S/C24H27N3O3/c1-5-27(6-2)23(28)16-11-17(3)29-19-12-14-20(15-13-19)30-24-18(4)25-21-9-7-8-10-22(21)26-24/h7-17H,5-6H2,1-4H3/b16-11+. The summed E-state index contributed by atoms with van der Waals surface area (Å²) in [7, 11) is 0. The maximum Gasteiger partial charge on any atom is 0.246 e. The summed E-state index contributed by atoms with van der Waals surface area (Å²) in [5, 5.41) is 0. The van der Waals surface area contributed by atoms with Crippen LogP contribution in [0.5, 0.6) is 17.4 Å². The van der Waals surface area contributed by atoms with E-state index in [1.807, 2.05) is 76.2 Å². The van der Waals surface area contributed by atoms with Gasteiger partial charge in [-0.3, -0.25) is 4.79 Å². The molecule has 3 rings (SSSR count). The highest BCUT2D eigenvalue weighted by atomic mass is 16.5. The topological polar surface area (TPSA) is 64.6 Å². The molecule has 0 aliphatic carbocycles. The van der Waals surface area contributed by atoms with Gasteiger partial charge in [-0.2, -0.15) is 0 Å². The van der Waals surface area contributed by atoms with Gasteiger partial charge in [-0.15, -0.1) is 0 Å². The molecule has 156 valence electrons. The molecule has 0 aliphatic rings. The third-order valence-electron chi connectivity index (χ3n) is 4.65. The lowest BCUT2D eigenvalue weighted by Crippen LogP contribution is -2.29. The van der Waals surface area contributed by atoms with Gasteiger partial charge in [0.25, 0.3) is 0 Å². The molecule has 1 aromatic heterocycles. The van der Waals surface area contributed by atoms with E-state index in [2.05, 4.69) is 9.97 Å². The van der Waals surface area contributed by atoms with Crippen LogP contribution in [0.15, 0.2) is 60.7 Å². The van der Waals surface area contributed by atoms with Crippen LogP contribution in [0.3, 0.4) is 0 Å². The quantitative estimate of drug-likeness (QED) is 0.498. The molecule has 0 saturated heterocycles. The zero-order chi connectivity index (χ0) is 21.5. The Bertz CT molecular complexity index is 1030. The molecule has 0 aliphatic heterocycles. The van der Waals surface area contributed by atoms with Gasteiger partial charge in [0.1, 0.15) is 23.3 Å². The normalized spacial score (nSPS) is 12.1. The first-order valence-corrected chi connectivity index (χ1v) is 10.1. The lowest BCUT2D eigenvalue weighted by Gasteiger charge is -2.16. The summed E-state index contributed by atoms with van der Waals surface area (Å²) >= 11 is 0. The maximum atomic E-state index is 12.0. The highest BCUT2D eigenvalue weighted by molar-refractivity contribution is 5.87. The van der Waals surface area contributed by atoms with Crippen molar-refractivity contribution in [2.24, 2.45) is 0 Å². The zero-order valence-electron chi connectivity index (χ0n) is 17.8. The molecule has 2 aromatic carbocycles. The molecular weight excluding hydrogens is 378 g/mol. The molecule has 0 bridgehead atoms. The summed E-state index contributed by atoms with van der Waals surface area (Å²) in [6.07, 6.45) is 3.10. The molecule has 1 amide bonds. The van der Waals surface area contributed by atoms with E-state index in [1.54, 1.807) is 17.1 Å². The molecule has 1 atom stereocenters. The summed E-state index contributed by atoms with van der Waals surface area (Å²) in [6.45, 7) is 9.08. The van der Waals surface area contributed by atoms with Crippen molar-refractivity contribution in [1.82, 2.24) is 14.9 Å². The van der Waals surface area contributed by atoms with Crippen molar-refractivity contribution >= 4 is 16.9 Å². The molecule has 0 saturated carbocycles. The second-order valence-corrected chi connectivity index (χ2v) is 6.87. The number of nitrogens with zero attached hydrogens (tertiary/aromatic N) is 3. The van der Waals surface area contributed by atoms with Gasteiger partial charge in [0, 0.05) is 19.2 Å². The molecule has 6 nitrogen and oxygen atoms in total. The minimum absolute atomic E-state index is 0.00828. The lowest BCUT2D eigenvalue weighted by molar-refractivity contribution is -0.125. The summed E-state index contributed by atoms with van der Waals surface area (Å²) in [4.78, 5) is 22.9. The Hall–Kier alpha value is -3.41. The van der Waals surface area contributed by atoms with Crippen LogP contribution in [0.1, 0.15) is 26.5 Å². The Labute approximate surface area is 177 Å². The van der Waals surface area contributed by atoms with E-state index < -0.39 is 0 Å². The highest BCUT2D eigenvalue weighted by Gasteiger charge is 2.09. The number of fused-ring (bicyclic) bond motifs is 1. The van der Waals surface area contributed by atoms with Crippen LogP contribution < -0.4 is 9.47 Å². The highest BCUT2D eigenvalue weighted by Crippen LogP contribution is 2.26. The summed E-state index contributed by atoms with van der Waals surface area (Å²) in [5.74, 6) is 1.81. The van der Waals surface area contributed by atoms with Crippen LogP contribution in [-0.2, 0) is 4.79 Å². The van der Waals surface area contributed by atoms with Crippen molar-refractivity contribution in [3.63, 3.8) is 0 Å². The third-order valence-corrected chi connectivity index (χ3v) is 4.65. The lowest BCUT2D eigenvalue weighted by atomic mass is 10.3. The SMILES string of the molecule is CCN(CC)C(=O)/C=C/C(C)Oc1ccc(Oc2nc3ccccc3nc2C)cc1. The minimum Gasteiger partial charge on any atom is -0.487 e. The van der Waals surface area contributed by atoms with E-state index in [9.17, 15) is 4.79 Å². The number of hydrogen-bond acceptors (Lipinski definition) is 5. The second-order valence-electron chi connectivity index (χ2n) is 6.87. The molecular formula is C24H27N3O3. The fourth-order valence-electron chi connectivity index (χ4n) is 2.98. The smallest absolute Gasteiger partial charge is 0.246 e. The number of amides is 1. The number of hydrogen-bond donors (Lipinski definition) is 0. The van der Waals surface area contributed by atoms with Gasteiger partial charge in [-0.1, -0.05) is 12.1 Å². The van der Waals surface area contributed by atoms with Crippen LogP contribution >= 0.6 is 0 Å². The predicted molar refractivity (Wildman–Crippen MR) is 118 cm³/mol. The number of aryl methyl sites for hydroxylation is 1. The summed E-state index contributed by atoms with van der Waals surface area (Å²) in [6, 6.07) is 15.0. The Kier molecular flexibility index (Phi) is 7.01. The van der Waals surface area contributed by atoms with Crippen molar-refractivity contribution in [3.8, 4) is 17.4 Å². The average Bonchev–Trinajstić information content (AvgIpc) is 2.75. The number of likely N-dealkylation sites (N-methyl/N-ethyl adjacent to an activating group) is 1. The van der Waals surface area contributed by atoms with Crippen molar-refractivity contribution < 1.29 is 14.3 Å². The largest absolute Gasteiger partial charge is 0.487 e. The first kappa shape index (κ1) is 21.3. The monoisotopic (exact) mass is 405 g/mol. The molecule has 1 unspecified atom stereocenters. The number of ether oxygens (including phenoxy) is 2. The van der Waals surface area contributed by atoms with E-state index in [0.29, 0.717) is 30.5 Å². The van der Waals surface area contributed by atoms with Crippen molar-refractivity contribution in [1.29, 1.82) is 0 Å². The molecule has 0 spiro atoms. The van der Waals surface area contributed by atoms with E-state index in [-0.39, 0.29) is 12.0 Å².